The largest absolute Gasteiger partial charge is 0.379 e. The fraction of sp³-hybridized carbons (Fsp3) is 0.778. The van der Waals surface area contributed by atoms with E-state index in [0.29, 0.717) is 39.1 Å². The number of hydrogen-bond acceptors (Lipinski definition) is 4. The van der Waals surface area contributed by atoms with Crippen molar-refractivity contribution in [2.75, 3.05) is 26.3 Å². The SMILES string of the molecule is NC(=O)[C@@H]1CCC(=O)N1N1CCOCC1. The standard InChI is InChI=1S/C9H15N3O3/c10-9(14)7-1-2-8(13)12(7)11-3-5-15-6-4-11/h7H,1-6H2,(H2,10,14)/t7-/m0/s1. The zero-order valence-electron chi connectivity index (χ0n) is 8.52. The van der Waals surface area contributed by atoms with Crippen LogP contribution in [0.4, 0.5) is 0 Å². The van der Waals surface area contributed by atoms with Crippen molar-refractivity contribution in [3.63, 3.8) is 0 Å². The van der Waals surface area contributed by atoms with Crippen molar-refractivity contribution >= 4 is 11.8 Å². The molecule has 0 saturated carbocycles. The van der Waals surface area contributed by atoms with Crippen LogP contribution in [-0.2, 0) is 14.3 Å². The summed E-state index contributed by atoms with van der Waals surface area (Å²) in [5, 5.41) is 3.39. The van der Waals surface area contributed by atoms with E-state index >= 15 is 0 Å². The molecule has 2 saturated heterocycles. The summed E-state index contributed by atoms with van der Waals surface area (Å²) in [4.78, 5) is 22.8. The van der Waals surface area contributed by atoms with E-state index in [-0.39, 0.29) is 5.91 Å². The van der Waals surface area contributed by atoms with Gasteiger partial charge in [0.25, 0.3) is 0 Å². The Morgan fingerprint density at radius 1 is 1.40 bits per heavy atom. The monoisotopic (exact) mass is 213 g/mol. The van der Waals surface area contributed by atoms with E-state index in [0.717, 1.165) is 0 Å². The van der Waals surface area contributed by atoms with Crippen LogP contribution in [0, 0.1) is 0 Å². The molecule has 0 bridgehead atoms. The van der Waals surface area contributed by atoms with Crippen molar-refractivity contribution in [2.45, 2.75) is 18.9 Å². The van der Waals surface area contributed by atoms with Crippen LogP contribution in [0.25, 0.3) is 0 Å². The lowest BCUT2D eigenvalue weighted by molar-refractivity contribution is -0.160. The number of ether oxygens (including phenoxy) is 1. The predicted octanol–water partition coefficient (Wildman–Crippen LogP) is -1.29. The Balaban J connectivity index is 2.09. The average Bonchev–Trinajstić information content (AvgIpc) is 2.61. The van der Waals surface area contributed by atoms with Gasteiger partial charge in [0.1, 0.15) is 6.04 Å². The van der Waals surface area contributed by atoms with E-state index in [4.69, 9.17) is 10.5 Å². The van der Waals surface area contributed by atoms with Crippen molar-refractivity contribution < 1.29 is 14.3 Å². The van der Waals surface area contributed by atoms with Gasteiger partial charge in [-0.1, -0.05) is 0 Å². The Morgan fingerprint density at radius 3 is 2.67 bits per heavy atom. The van der Waals surface area contributed by atoms with Crippen molar-refractivity contribution in [1.29, 1.82) is 0 Å². The van der Waals surface area contributed by atoms with E-state index in [2.05, 4.69) is 0 Å². The van der Waals surface area contributed by atoms with Gasteiger partial charge in [-0.3, -0.25) is 14.6 Å². The van der Waals surface area contributed by atoms with Crippen molar-refractivity contribution in [1.82, 2.24) is 10.0 Å². The topological polar surface area (TPSA) is 75.9 Å². The Labute approximate surface area is 87.9 Å². The molecule has 0 aliphatic carbocycles. The van der Waals surface area contributed by atoms with Crippen LogP contribution >= 0.6 is 0 Å². The molecule has 0 spiro atoms. The van der Waals surface area contributed by atoms with Crippen molar-refractivity contribution in [2.24, 2.45) is 5.73 Å². The Bertz CT molecular complexity index is 276. The molecule has 0 aromatic heterocycles. The fourth-order valence-corrected chi connectivity index (χ4v) is 2.06. The molecule has 2 aliphatic rings. The first-order valence-corrected chi connectivity index (χ1v) is 5.14. The van der Waals surface area contributed by atoms with E-state index < -0.39 is 11.9 Å². The number of carbonyl (C=O) groups is 2. The van der Waals surface area contributed by atoms with Gasteiger partial charge in [-0.2, -0.15) is 0 Å². The number of nitrogens with two attached hydrogens (primary N) is 1. The van der Waals surface area contributed by atoms with Crippen molar-refractivity contribution in [3.8, 4) is 0 Å². The lowest BCUT2D eigenvalue weighted by Gasteiger charge is -2.37. The number of carbonyl (C=O) groups excluding carboxylic acids is 2. The third-order valence-corrected chi connectivity index (χ3v) is 2.80. The molecule has 84 valence electrons. The summed E-state index contributed by atoms with van der Waals surface area (Å²) in [6, 6.07) is -0.462. The van der Waals surface area contributed by atoms with Crippen LogP contribution in [0.2, 0.25) is 0 Å². The minimum absolute atomic E-state index is 0.0132. The molecule has 2 rings (SSSR count). The van der Waals surface area contributed by atoms with Gasteiger partial charge >= 0.3 is 0 Å². The average molecular weight is 213 g/mol. The second-order valence-electron chi connectivity index (χ2n) is 3.76. The summed E-state index contributed by atoms with van der Waals surface area (Å²) in [6.07, 6.45) is 0.941. The normalized spacial score (nSPS) is 28.4. The molecule has 15 heavy (non-hydrogen) atoms. The Kier molecular flexibility index (Phi) is 2.88. The maximum Gasteiger partial charge on any atom is 0.241 e. The van der Waals surface area contributed by atoms with Gasteiger partial charge in [-0.15, -0.1) is 0 Å². The molecular formula is C9H15N3O3. The van der Waals surface area contributed by atoms with Crippen LogP contribution in [0.5, 0.6) is 0 Å². The first-order valence-electron chi connectivity index (χ1n) is 5.14. The third kappa shape index (κ3) is 1.95. The third-order valence-electron chi connectivity index (χ3n) is 2.80. The van der Waals surface area contributed by atoms with Gasteiger partial charge in [-0.05, 0) is 6.42 Å². The summed E-state index contributed by atoms with van der Waals surface area (Å²) in [5.41, 5.74) is 5.27. The molecule has 2 heterocycles. The van der Waals surface area contributed by atoms with E-state index in [1.165, 1.54) is 5.01 Å². The molecule has 0 aromatic carbocycles. The van der Waals surface area contributed by atoms with E-state index in [9.17, 15) is 9.59 Å². The van der Waals surface area contributed by atoms with Crippen LogP contribution in [-0.4, -0.2) is 54.2 Å². The highest BCUT2D eigenvalue weighted by Gasteiger charge is 2.38. The molecule has 0 radical (unpaired) electrons. The van der Waals surface area contributed by atoms with Gasteiger partial charge in [0.05, 0.1) is 13.2 Å². The molecule has 0 unspecified atom stereocenters. The van der Waals surface area contributed by atoms with E-state index in [1.54, 1.807) is 0 Å². The molecule has 2 aliphatic heterocycles. The quantitative estimate of drug-likeness (QED) is 0.619. The van der Waals surface area contributed by atoms with Gasteiger partial charge in [0.2, 0.25) is 11.8 Å². The first kappa shape index (κ1) is 10.4. The summed E-state index contributed by atoms with van der Waals surface area (Å²) >= 11 is 0. The highest BCUT2D eigenvalue weighted by molar-refractivity contribution is 5.89. The predicted molar refractivity (Wildman–Crippen MR) is 51.5 cm³/mol. The summed E-state index contributed by atoms with van der Waals surface area (Å²) < 4.78 is 5.19. The number of amides is 2. The van der Waals surface area contributed by atoms with Gasteiger partial charge in [-0.25, -0.2) is 5.01 Å². The molecule has 1 atom stereocenters. The van der Waals surface area contributed by atoms with Gasteiger partial charge in [0.15, 0.2) is 0 Å². The van der Waals surface area contributed by atoms with Crippen LogP contribution < -0.4 is 5.73 Å². The van der Waals surface area contributed by atoms with E-state index in [1.807, 2.05) is 5.01 Å². The lowest BCUT2D eigenvalue weighted by Crippen LogP contribution is -2.55. The number of hydrogen-bond donors (Lipinski definition) is 1. The Morgan fingerprint density at radius 2 is 2.07 bits per heavy atom. The van der Waals surface area contributed by atoms with Crippen molar-refractivity contribution in [3.05, 3.63) is 0 Å². The molecule has 0 aromatic rings. The molecule has 6 nitrogen and oxygen atoms in total. The molecule has 6 heteroatoms. The zero-order valence-corrected chi connectivity index (χ0v) is 8.52. The number of primary amides is 1. The number of hydrazine groups is 1. The maximum atomic E-state index is 11.6. The fourth-order valence-electron chi connectivity index (χ4n) is 2.06. The lowest BCUT2D eigenvalue weighted by atomic mass is 10.2. The first-order chi connectivity index (χ1) is 7.20. The molecule has 2 fully saturated rings. The molecule has 2 N–H and O–H groups in total. The summed E-state index contributed by atoms with van der Waals surface area (Å²) in [6.45, 7) is 2.48. The van der Waals surface area contributed by atoms with Gasteiger partial charge in [0, 0.05) is 19.5 Å². The summed E-state index contributed by atoms with van der Waals surface area (Å²) in [5.74, 6) is -0.437. The van der Waals surface area contributed by atoms with Crippen LogP contribution in [0.1, 0.15) is 12.8 Å². The minimum Gasteiger partial charge on any atom is -0.379 e. The molecular weight excluding hydrogens is 198 g/mol. The number of nitrogens with zero attached hydrogens (tertiary/aromatic N) is 2. The van der Waals surface area contributed by atoms with Gasteiger partial charge < -0.3 is 10.5 Å². The second kappa shape index (κ2) is 4.16. The van der Waals surface area contributed by atoms with Crippen LogP contribution in [0.15, 0.2) is 0 Å². The number of rotatable bonds is 2. The smallest absolute Gasteiger partial charge is 0.241 e. The zero-order chi connectivity index (χ0) is 10.8. The highest BCUT2D eigenvalue weighted by atomic mass is 16.5. The number of morpholine rings is 1. The minimum atomic E-state index is -0.462. The van der Waals surface area contributed by atoms with Crippen LogP contribution in [0.3, 0.4) is 0 Å². The Hall–Kier alpha value is -1.14. The maximum absolute atomic E-state index is 11.6. The highest BCUT2D eigenvalue weighted by Crippen LogP contribution is 2.21. The molecule has 2 amide bonds. The second-order valence-corrected chi connectivity index (χ2v) is 3.76. The summed E-state index contributed by atoms with van der Waals surface area (Å²) in [7, 11) is 0.